The Hall–Kier alpha value is -2.67. The number of hydrogen-bond donors (Lipinski definition) is 0. The fraction of sp³-hybridized carbons (Fsp3) is 0.400. The number of nitrogens with zero attached hydrogens (tertiary/aromatic N) is 5. The van der Waals surface area contributed by atoms with E-state index in [1.54, 1.807) is 24.1 Å². The highest BCUT2D eigenvalue weighted by Crippen LogP contribution is 2.30. The summed E-state index contributed by atoms with van der Waals surface area (Å²) >= 11 is 6.23. The van der Waals surface area contributed by atoms with Crippen LogP contribution in [0.3, 0.4) is 0 Å². The molecule has 3 heterocycles. The number of anilines is 2. The summed E-state index contributed by atoms with van der Waals surface area (Å²) < 4.78 is 0. The van der Waals surface area contributed by atoms with Gasteiger partial charge >= 0.3 is 0 Å². The summed E-state index contributed by atoms with van der Waals surface area (Å²) in [6.07, 6.45) is 2.85. The van der Waals surface area contributed by atoms with Gasteiger partial charge in [0.05, 0.1) is 10.7 Å². The van der Waals surface area contributed by atoms with Crippen LogP contribution in [0.4, 0.5) is 11.5 Å². The number of aromatic nitrogens is 2. The Bertz CT molecular complexity index is 882. The molecule has 0 aliphatic carbocycles. The number of para-hydroxylation sites is 1. The standard InChI is InChI=1S/C20H22ClN5O2/c1-24(17-10-13-26(20(17)28)16-7-3-2-6-14(16)21)19(27)15-8-9-18(23-22-15)25-11-4-5-12-25/h2-3,6-9,17H,4-5,10-13H2,1H3. The molecule has 0 spiro atoms. The second kappa shape index (κ2) is 7.75. The predicted molar refractivity (Wildman–Crippen MR) is 108 cm³/mol. The van der Waals surface area contributed by atoms with Crippen LogP contribution in [0.15, 0.2) is 36.4 Å². The van der Waals surface area contributed by atoms with E-state index in [0.29, 0.717) is 23.7 Å². The summed E-state index contributed by atoms with van der Waals surface area (Å²) in [4.78, 5) is 31.0. The maximum atomic E-state index is 12.9. The number of rotatable bonds is 4. The molecule has 2 aromatic rings. The van der Waals surface area contributed by atoms with Crippen molar-refractivity contribution < 1.29 is 9.59 Å². The summed E-state index contributed by atoms with van der Waals surface area (Å²) in [5.41, 5.74) is 0.918. The maximum absolute atomic E-state index is 12.9. The molecule has 146 valence electrons. The average Bonchev–Trinajstić information content (AvgIpc) is 3.38. The van der Waals surface area contributed by atoms with E-state index in [-0.39, 0.29) is 17.5 Å². The van der Waals surface area contributed by atoms with Crippen LogP contribution in [0.25, 0.3) is 0 Å². The Morgan fingerprint density at radius 1 is 1.11 bits per heavy atom. The molecule has 28 heavy (non-hydrogen) atoms. The third-order valence-electron chi connectivity index (χ3n) is 5.41. The molecule has 2 saturated heterocycles. The highest BCUT2D eigenvalue weighted by molar-refractivity contribution is 6.34. The van der Waals surface area contributed by atoms with Gasteiger partial charge in [-0.2, -0.15) is 0 Å². The van der Waals surface area contributed by atoms with Gasteiger partial charge in [0.1, 0.15) is 6.04 Å². The van der Waals surface area contributed by atoms with Crippen LogP contribution in [0, 0.1) is 0 Å². The maximum Gasteiger partial charge on any atom is 0.274 e. The number of carbonyl (C=O) groups is 2. The lowest BCUT2D eigenvalue weighted by molar-refractivity contribution is -0.120. The van der Waals surface area contributed by atoms with Gasteiger partial charge in [-0.3, -0.25) is 9.59 Å². The van der Waals surface area contributed by atoms with Crippen LogP contribution >= 0.6 is 11.6 Å². The zero-order valence-corrected chi connectivity index (χ0v) is 16.5. The first kappa shape index (κ1) is 18.7. The normalized spacial score (nSPS) is 19.4. The van der Waals surface area contributed by atoms with Gasteiger partial charge in [0.15, 0.2) is 11.5 Å². The minimum atomic E-state index is -0.538. The van der Waals surface area contributed by atoms with E-state index in [4.69, 9.17) is 11.6 Å². The number of likely N-dealkylation sites (N-methyl/N-ethyl adjacent to an activating group) is 1. The molecule has 0 N–H and O–H groups in total. The first-order valence-corrected chi connectivity index (χ1v) is 9.86. The van der Waals surface area contributed by atoms with Gasteiger partial charge in [-0.05, 0) is 43.5 Å². The van der Waals surface area contributed by atoms with Gasteiger partial charge in [0.25, 0.3) is 5.91 Å². The molecule has 0 bridgehead atoms. The van der Waals surface area contributed by atoms with E-state index in [0.717, 1.165) is 31.7 Å². The molecule has 1 aromatic heterocycles. The molecule has 2 fully saturated rings. The second-order valence-corrected chi connectivity index (χ2v) is 7.54. The van der Waals surface area contributed by atoms with E-state index >= 15 is 0 Å². The van der Waals surface area contributed by atoms with Crippen LogP contribution in [0.2, 0.25) is 5.02 Å². The lowest BCUT2D eigenvalue weighted by Crippen LogP contribution is -2.43. The molecule has 2 aliphatic rings. The third kappa shape index (κ3) is 3.42. The van der Waals surface area contributed by atoms with Crippen molar-refractivity contribution in [1.29, 1.82) is 0 Å². The Kier molecular flexibility index (Phi) is 5.17. The first-order valence-electron chi connectivity index (χ1n) is 9.48. The van der Waals surface area contributed by atoms with Crippen molar-refractivity contribution in [3.63, 3.8) is 0 Å². The monoisotopic (exact) mass is 399 g/mol. The van der Waals surface area contributed by atoms with Crippen molar-refractivity contribution >= 4 is 34.9 Å². The average molecular weight is 400 g/mol. The van der Waals surface area contributed by atoms with E-state index in [1.807, 2.05) is 24.3 Å². The van der Waals surface area contributed by atoms with E-state index < -0.39 is 6.04 Å². The molecular weight excluding hydrogens is 378 g/mol. The van der Waals surface area contributed by atoms with Crippen LogP contribution in [-0.2, 0) is 4.79 Å². The van der Waals surface area contributed by atoms with Crippen LogP contribution in [0.1, 0.15) is 29.8 Å². The molecule has 0 radical (unpaired) electrons. The molecule has 1 aromatic carbocycles. The van der Waals surface area contributed by atoms with Crippen molar-refractivity contribution in [3.8, 4) is 0 Å². The summed E-state index contributed by atoms with van der Waals surface area (Å²) in [5, 5.41) is 8.82. The molecule has 8 heteroatoms. The smallest absolute Gasteiger partial charge is 0.274 e. The fourth-order valence-corrected chi connectivity index (χ4v) is 4.05. The molecule has 2 amide bonds. The van der Waals surface area contributed by atoms with Crippen molar-refractivity contribution in [2.24, 2.45) is 0 Å². The van der Waals surface area contributed by atoms with E-state index in [2.05, 4.69) is 15.1 Å². The van der Waals surface area contributed by atoms with Gasteiger partial charge in [-0.25, -0.2) is 0 Å². The molecule has 1 atom stereocenters. The van der Waals surface area contributed by atoms with Crippen molar-refractivity contribution in [2.45, 2.75) is 25.3 Å². The van der Waals surface area contributed by atoms with Crippen LogP contribution in [0.5, 0.6) is 0 Å². The van der Waals surface area contributed by atoms with E-state index in [1.165, 1.54) is 4.90 Å². The zero-order valence-electron chi connectivity index (χ0n) is 15.7. The predicted octanol–water partition coefficient (Wildman–Crippen LogP) is 2.61. The Morgan fingerprint density at radius 2 is 1.86 bits per heavy atom. The number of carbonyl (C=O) groups excluding carboxylic acids is 2. The Balaban J connectivity index is 1.46. The Labute approximate surface area is 168 Å². The fourth-order valence-electron chi connectivity index (χ4n) is 3.81. The van der Waals surface area contributed by atoms with Crippen molar-refractivity contribution in [3.05, 3.63) is 47.1 Å². The zero-order chi connectivity index (χ0) is 19.7. The molecular formula is C20H22ClN5O2. The lowest BCUT2D eigenvalue weighted by atomic mass is 10.2. The minimum absolute atomic E-state index is 0.134. The molecule has 0 saturated carbocycles. The first-order chi connectivity index (χ1) is 13.6. The van der Waals surface area contributed by atoms with Crippen molar-refractivity contribution in [2.75, 3.05) is 36.5 Å². The highest BCUT2D eigenvalue weighted by Gasteiger charge is 2.38. The summed E-state index contributed by atoms with van der Waals surface area (Å²) in [5.74, 6) is 0.351. The number of benzene rings is 1. The summed E-state index contributed by atoms with van der Waals surface area (Å²) in [6.45, 7) is 2.46. The van der Waals surface area contributed by atoms with Gasteiger partial charge in [-0.15, -0.1) is 10.2 Å². The molecule has 1 unspecified atom stereocenters. The number of halogens is 1. The molecule has 7 nitrogen and oxygen atoms in total. The van der Waals surface area contributed by atoms with Gasteiger partial charge in [0, 0.05) is 26.7 Å². The number of hydrogen-bond acceptors (Lipinski definition) is 5. The topological polar surface area (TPSA) is 69.6 Å². The largest absolute Gasteiger partial charge is 0.355 e. The minimum Gasteiger partial charge on any atom is -0.355 e. The second-order valence-electron chi connectivity index (χ2n) is 7.13. The van der Waals surface area contributed by atoms with Crippen molar-refractivity contribution in [1.82, 2.24) is 15.1 Å². The van der Waals surface area contributed by atoms with Gasteiger partial charge in [0.2, 0.25) is 5.91 Å². The van der Waals surface area contributed by atoms with Gasteiger partial charge in [-0.1, -0.05) is 23.7 Å². The Morgan fingerprint density at radius 3 is 2.54 bits per heavy atom. The quantitative estimate of drug-likeness (QED) is 0.790. The van der Waals surface area contributed by atoms with Crippen LogP contribution in [-0.4, -0.2) is 59.6 Å². The van der Waals surface area contributed by atoms with E-state index in [9.17, 15) is 9.59 Å². The van der Waals surface area contributed by atoms with Gasteiger partial charge < -0.3 is 14.7 Å². The summed E-state index contributed by atoms with van der Waals surface area (Å²) in [7, 11) is 1.64. The molecule has 2 aliphatic heterocycles. The number of amides is 2. The lowest BCUT2D eigenvalue weighted by Gasteiger charge is -2.24. The summed E-state index contributed by atoms with van der Waals surface area (Å²) in [6, 6.07) is 10.2. The van der Waals surface area contributed by atoms with Crippen LogP contribution < -0.4 is 9.80 Å². The highest BCUT2D eigenvalue weighted by atomic mass is 35.5. The molecule has 4 rings (SSSR count). The SMILES string of the molecule is CN(C(=O)c1ccc(N2CCCC2)nn1)C1CCN(c2ccccc2Cl)C1=O. The third-order valence-corrected chi connectivity index (χ3v) is 5.73.